The van der Waals surface area contributed by atoms with Crippen molar-refractivity contribution in [2.45, 2.75) is 84.4 Å². The molecule has 42 heavy (non-hydrogen) atoms. The molecule has 2 saturated heterocycles. The molecule has 11 heteroatoms. The van der Waals surface area contributed by atoms with Crippen molar-refractivity contribution in [1.29, 1.82) is 0 Å². The van der Waals surface area contributed by atoms with Gasteiger partial charge >= 0.3 is 0 Å². The van der Waals surface area contributed by atoms with Gasteiger partial charge in [0.25, 0.3) is 5.91 Å². The first kappa shape index (κ1) is 33.5. The fraction of sp³-hybridized carbons (Fsp3) is 0.645. The Morgan fingerprint density at radius 3 is 2.26 bits per heavy atom. The van der Waals surface area contributed by atoms with E-state index in [0.717, 1.165) is 50.2 Å². The number of rotatable bonds is 8. The van der Waals surface area contributed by atoms with E-state index in [-0.39, 0.29) is 30.0 Å². The Morgan fingerprint density at radius 2 is 1.67 bits per heavy atom. The van der Waals surface area contributed by atoms with Crippen molar-refractivity contribution >= 4 is 28.9 Å². The second kappa shape index (κ2) is 14.9. The van der Waals surface area contributed by atoms with E-state index in [1.165, 1.54) is 50.3 Å². The number of amides is 1. The summed E-state index contributed by atoms with van der Waals surface area (Å²) in [6.45, 7) is 10.9. The zero-order chi connectivity index (χ0) is 28.2. The topological polar surface area (TPSA) is 123 Å². The molecule has 2 aliphatic heterocycles. The molecule has 5 rings (SSSR count). The third-order valence-electron chi connectivity index (χ3n) is 8.89. The van der Waals surface area contributed by atoms with Crippen molar-refractivity contribution in [3.05, 3.63) is 35.2 Å². The first-order valence-electron chi connectivity index (χ1n) is 15.0. The van der Waals surface area contributed by atoms with Gasteiger partial charge in [0.1, 0.15) is 5.82 Å². The van der Waals surface area contributed by atoms with Crippen molar-refractivity contribution < 1.29 is 14.6 Å². The number of hydrogen-bond donors (Lipinski definition) is 4. The van der Waals surface area contributed by atoms with E-state index in [2.05, 4.69) is 56.4 Å². The molecule has 5 N–H and O–H groups in total. The van der Waals surface area contributed by atoms with Gasteiger partial charge < -0.3 is 31.3 Å². The summed E-state index contributed by atoms with van der Waals surface area (Å²) in [5.74, 6) is 0.435. The number of carbonyl (C=O) groups excluding carboxylic acids is 1. The summed E-state index contributed by atoms with van der Waals surface area (Å²) >= 11 is 0. The molecule has 1 aromatic carbocycles. The maximum Gasteiger partial charge on any atom is 0.271 e. The van der Waals surface area contributed by atoms with Gasteiger partial charge in [-0.3, -0.25) is 14.4 Å². The third-order valence-corrected chi connectivity index (χ3v) is 8.89. The van der Waals surface area contributed by atoms with Crippen molar-refractivity contribution in [3.8, 4) is 0 Å². The predicted molar refractivity (Wildman–Crippen MR) is 170 cm³/mol. The summed E-state index contributed by atoms with van der Waals surface area (Å²) in [6, 6.07) is 7.22. The summed E-state index contributed by atoms with van der Waals surface area (Å²) < 4.78 is 0. The van der Waals surface area contributed by atoms with Gasteiger partial charge in [0.15, 0.2) is 11.5 Å². The maximum atomic E-state index is 12.3. The Bertz CT molecular complexity index is 1170. The number of nitrogens with two attached hydrogens (primary N) is 1. The second-order valence-corrected chi connectivity index (χ2v) is 11.8. The molecule has 1 saturated carbocycles. The number of benzene rings is 1. The SMILES string of the molecule is C.CCc1nc(C(N)=O)c(Nc2ccc(N3CCC(N4CCN(C)CC4)CC3)c(C)c2)nc1NC1CCC(O)CC1.F. The fourth-order valence-corrected chi connectivity index (χ4v) is 6.39. The molecule has 234 valence electrons. The number of aliphatic hydroxyl groups excluding tert-OH is 1. The number of aryl methyl sites for hydroxylation is 2. The molecular formula is C31H51FN8O2. The molecule has 0 bridgehead atoms. The highest BCUT2D eigenvalue weighted by Crippen LogP contribution is 2.31. The lowest BCUT2D eigenvalue weighted by Crippen LogP contribution is -2.52. The van der Waals surface area contributed by atoms with E-state index < -0.39 is 5.91 Å². The highest BCUT2D eigenvalue weighted by molar-refractivity contribution is 5.96. The maximum absolute atomic E-state index is 12.3. The van der Waals surface area contributed by atoms with E-state index >= 15 is 0 Å². The number of nitrogens with zero attached hydrogens (tertiary/aromatic N) is 5. The Morgan fingerprint density at radius 1 is 1.00 bits per heavy atom. The van der Waals surface area contributed by atoms with E-state index in [1.54, 1.807) is 0 Å². The van der Waals surface area contributed by atoms with Crippen LogP contribution in [0.2, 0.25) is 0 Å². The van der Waals surface area contributed by atoms with Crippen molar-refractivity contribution in [2.24, 2.45) is 5.73 Å². The van der Waals surface area contributed by atoms with Crippen LogP contribution in [0, 0.1) is 6.92 Å². The minimum atomic E-state index is -0.603. The van der Waals surface area contributed by atoms with Crippen LogP contribution in [0.3, 0.4) is 0 Å². The highest BCUT2D eigenvalue weighted by Gasteiger charge is 2.27. The number of likely N-dealkylation sites (N-methyl/N-ethyl adjacent to an activating group) is 1. The zero-order valence-electron chi connectivity index (χ0n) is 24.7. The quantitative estimate of drug-likeness (QED) is 0.365. The fourth-order valence-electron chi connectivity index (χ4n) is 6.39. The number of nitrogens with one attached hydrogen (secondary N) is 2. The lowest BCUT2D eigenvalue weighted by Gasteiger charge is -2.43. The summed E-state index contributed by atoms with van der Waals surface area (Å²) in [4.78, 5) is 29.3. The van der Waals surface area contributed by atoms with E-state index in [1.807, 2.05) is 13.0 Å². The van der Waals surface area contributed by atoms with Crippen LogP contribution in [0.25, 0.3) is 0 Å². The third kappa shape index (κ3) is 7.87. The molecule has 0 unspecified atom stereocenters. The standard InChI is InChI=1S/C30H46N8O2.CH4.FH/c1-4-25-29(32-21-5-8-24(39)9-6-21)35-30(27(34-25)28(31)40)33-22-7-10-26(20(2)19-22)38-13-11-23(12-14-38)37-17-15-36(3)16-18-37;;/h7,10,19,21,23-24,39H,4-6,8-9,11-18H2,1-3H3,(H2,31,40)(H2,32,33,35);1H4;1H. The summed E-state index contributed by atoms with van der Waals surface area (Å²) in [6.07, 6.45) is 6.09. The van der Waals surface area contributed by atoms with Crippen LogP contribution in [0.15, 0.2) is 18.2 Å². The van der Waals surface area contributed by atoms with Crippen LogP contribution < -0.4 is 21.3 Å². The zero-order valence-corrected chi connectivity index (χ0v) is 24.7. The molecule has 10 nitrogen and oxygen atoms in total. The van der Waals surface area contributed by atoms with Crippen molar-refractivity contribution in [3.63, 3.8) is 0 Å². The van der Waals surface area contributed by atoms with Crippen LogP contribution in [0.5, 0.6) is 0 Å². The lowest BCUT2D eigenvalue weighted by molar-refractivity contribution is 0.0982. The molecule has 0 spiro atoms. The molecule has 1 aliphatic carbocycles. The normalized spacial score (nSPS) is 22.1. The second-order valence-electron chi connectivity index (χ2n) is 11.8. The number of primary amides is 1. The molecule has 3 aliphatic rings. The number of carbonyl (C=O) groups is 1. The number of piperidine rings is 1. The van der Waals surface area contributed by atoms with Crippen molar-refractivity contribution in [2.75, 3.05) is 61.8 Å². The highest BCUT2D eigenvalue weighted by atomic mass is 19.0. The largest absolute Gasteiger partial charge is 0.393 e. The summed E-state index contributed by atoms with van der Waals surface area (Å²) in [7, 11) is 2.21. The van der Waals surface area contributed by atoms with Gasteiger partial charge in [-0.2, -0.15) is 0 Å². The molecule has 0 radical (unpaired) electrons. The molecule has 1 amide bonds. The van der Waals surface area contributed by atoms with Gasteiger partial charge in [-0.05, 0) is 82.7 Å². The van der Waals surface area contributed by atoms with Gasteiger partial charge in [0.2, 0.25) is 0 Å². The Kier molecular flexibility index (Phi) is 11.9. The Labute approximate surface area is 250 Å². The molecule has 3 fully saturated rings. The van der Waals surface area contributed by atoms with Gasteiger partial charge in [-0.15, -0.1) is 0 Å². The van der Waals surface area contributed by atoms with Crippen LogP contribution in [-0.4, -0.2) is 95.3 Å². The van der Waals surface area contributed by atoms with E-state index in [0.29, 0.717) is 24.1 Å². The average molecular weight is 587 g/mol. The molecular weight excluding hydrogens is 535 g/mol. The van der Waals surface area contributed by atoms with Crippen LogP contribution in [-0.2, 0) is 6.42 Å². The van der Waals surface area contributed by atoms with Gasteiger partial charge in [0.05, 0.1) is 11.8 Å². The minimum Gasteiger partial charge on any atom is -0.393 e. The lowest BCUT2D eigenvalue weighted by atomic mass is 9.93. The van der Waals surface area contributed by atoms with Crippen LogP contribution >= 0.6 is 0 Å². The molecule has 1 aromatic heterocycles. The van der Waals surface area contributed by atoms with Crippen LogP contribution in [0.4, 0.5) is 27.7 Å². The Balaban J connectivity index is 0.00000242. The monoisotopic (exact) mass is 586 g/mol. The number of aromatic nitrogens is 2. The number of hydrogen-bond acceptors (Lipinski definition) is 9. The first-order chi connectivity index (χ1) is 19.3. The molecule has 3 heterocycles. The van der Waals surface area contributed by atoms with E-state index in [9.17, 15) is 9.90 Å². The predicted octanol–water partition coefficient (Wildman–Crippen LogP) is 3.91. The van der Waals surface area contributed by atoms with Gasteiger partial charge in [-0.1, -0.05) is 14.4 Å². The van der Waals surface area contributed by atoms with Gasteiger partial charge in [0, 0.05) is 62.7 Å². The summed E-state index contributed by atoms with van der Waals surface area (Å²) in [5, 5.41) is 16.7. The number of anilines is 4. The summed E-state index contributed by atoms with van der Waals surface area (Å²) in [5.41, 5.74) is 9.88. The van der Waals surface area contributed by atoms with Crippen molar-refractivity contribution in [1.82, 2.24) is 19.8 Å². The average Bonchev–Trinajstić information content (AvgIpc) is 2.95. The molecule has 2 aromatic rings. The van der Waals surface area contributed by atoms with E-state index in [4.69, 9.17) is 10.7 Å². The number of aliphatic hydroxyl groups is 1. The first-order valence-corrected chi connectivity index (χ1v) is 15.0. The smallest absolute Gasteiger partial charge is 0.271 e. The minimum absolute atomic E-state index is 0. The van der Waals surface area contributed by atoms with Crippen LogP contribution in [0.1, 0.15) is 74.6 Å². The molecule has 0 atom stereocenters. The Hall–Kier alpha value is -3.02. The number of piperazine rings is 1. The number of halogens is 1. The van der Waals surface area contributed by atoms with Gasteiger partial charge in [-0.25, -0.2) is 9.97 Å².